The Bertz CT molecular complexity index is 1090. The SMILES string of the molecule is Cc1cc(NC(=O)[C@@H](C)OC(=O)c2c3c(nc4ccccc24)CC[C@@H](C)C3)no1. The Kier molecular flexibility index (Phi) is 5.05. The summed E-state index contributed by atoms with van der Waals surface area (Å²) in [6.07, 6.45) is 1.67. The van der Waals surface area contributed by atoms with Crippen LogP contribution in [0.5, 0.6) is 0 Å². The van der Waals surface area contributed by atoms with Crippen LogP contribution in [0.4, 0.5) is 5.82 Å². The van der Waals surface area contributed by atoms with Crippen LogP contribution in [0.2, 0.25) is 0 Å². The van der Waals surface area contributed by atoms with E-state index in [0.717, 1.165) is 41.4 Å². The van der Waals surface area contributed by atoms with Crippen molar-refractivity contribution in [2.24, 2.45) is 5.92 Å². The van der Waals surface area contributed by atoms with Gasteiger partial charge in [-0.15, -0.1) is 0 Å². The molecule has 0 unspecified atom stereocenters. The fourth-order valence-corrected chi connectivity index (χ4v) is 3.72. The zero-order valence-corrected chi connectivity index (χ0v) is 16.7. The number of ether oxygens (including phenoxy) is 1. The molecule has 0 spiro atoms. The Hall–Kier alpha value is -3.22. The van der Waals surface area contributed by atoms with Crippen LogP contribution >= 0.6 is 0 Å². The highest BCUT2D eigenvalue weighted by molar-refractivity contribution is 6.06. The first-order valence-electron chi connectivity index (χ1n) is 9.78. The number of benzene rings is 1. The van der Waals surface area contributed by atoms with Crippen molar-refractivity contribution in [3.05, 3.63) is 52.9 Å². The third kappa shape index (κ3) is 3.85. The number of hydrogen-bond donors (Lipinski definition) is 1. The van der Waals surface area contributed by atoms with E-state index in [1.54, 1.807) is 19.9 Å². The number of aromatic nitrogens is 2. The maximum Gasteiger partial charge on any atom is 0.339 e. The van der Waals surface area contributed by atoms with Gasteiger partial charge in [0, 0.05) is 17.1 Å². The third-order valence-electron chi connectivity index (χ3n) is 5.24. The molecule has 0 radical (unpaired) electrons. The molecule has 7 heteroatoms. The van der Waals surface area contributed by atoms with Crippen LogP contribution in [-0.2, 0) is 22.4 Å². The van der Waals surface area contributed by atoms with E-state index in [2.05, 4.69) is 17.4 Å². The molecular weight excluding hydrogens is 370 g/mol. The summed E-state index contributed by atoms with van der Waals surface area (Å²) in [6.45, 7) is 5.44. The normalized spacial score (nSPS) is 16.9. The van der Waals surface area contributed by atoms with Gasteiger partial charge in [-0.2, -0.15) is 0 Å². The van der Waals surface area contributed by atoms with Gasteiger partial charge in [-0.05, 0) is 50.7 Å². The number of rotatable bonds is 4. The second-order valence-corrected chi connectivity index (χ2v) is 7.64. The molecule has 29 heavy (non-hydrogen) atoms. The first-order valence-corrected chi connectivity index (χ1v) is 9.78. The fourth-order valence-electron chi connectivity index (χ4n) is 3.72. The molecule has 0 saturated carbocycles. The molecule has 4 rings (SSSR count). The lowest BCUT2D eigenvalue weighted by atomic mass is 9.84. The topological polar surface area (TPSA) is 94.3 Å². The molecule has 1 N–H and O–H groups in total. The fraction of sp³-hybridized carbons (Fsp3) is 0.364. The number of anilines is 1. The molecule has 1 aliphatic carbocycles. The number of carbonyl (C=O) groups excluding carboxylic acids is 2. The van der Waals surface area contributed by atoms with Crippen LogP contribution in [0.15, 0.2) is 34.9 Å². The lowest BCUT2D eigenvalue weighted by molar-refractivity contribution is -0.123. The molecule has 3 aromatic rings. The van der Waals surface area contributed by atoms with Crippen molar-refractivity contribution in [1.82, 2.24) is 10.1 Å². The Morgan fingerprint density at radius 3 is 2.86 bits per heavy atom. The number of nitrogens with one attached hydrogen (secondary N) is 1. The summed E-state index contributed by atoms with van der Waals surface area (Å²) >= 11 is 0. The zero-order chi connectivity index (χ0) is 20.5. The smallest absolute Gasteiger partial charge is 0.339 e. The van der Waals surface area contributed by atoms with E-state index in [0.29, 0.717) is 17.2 Å². The van der Waals surface area contributed by atoms with Gasteiger partial charge in [-0.3, -0.25) is 9.78 Å². The molecular formula is C22H23N3O4. The van der Waals surface area contributed by atoms with E-state index < -0.39 is 18.0 Å². The lowest BCUT2D eigenvalue weighted by Crippen LogP contribution is -2.31. The summed E-state index contributed by atoms with van der Waals surface area (Å²) in [6, 6.07) is 9.15. The number of fused-ring (bicyclic) bond motifs is 2. The van der Waals surface area contributed by atoms with Gasteiger partial charge in [0.2, 0.25) is 0 Å². The molecule has 1 aromatic carbocycles. The van der Waals surface area contributed by atoms with E-state index in [1.165, 1.54) is 0 Å². The molecule has 2 aromatic heterocycles. The molecule has 0 fully saturated rings. The summed E-state index contributed by atoms with van der Waals surface area (Å²) < 4.78 is 10.5. The standard InChI is InChI=1S/C22H23N3O4/c1-12-8-9-18-16(10-12)20(15-6-4-5-7-17(15)23-18)22(27)28-14(3)21(26)24-19-11-13(2)29-25-19/h4-7,11-12,14H,8-10H2,1-3H3,(H,24,25,26)/t12-,14-/m1/s1. The van der Waals surface area contributed by atoms with E-state index in [9.17, 15) is 9.59 Å². The number of aryl methyl sites for hydroxylation is 2. The molecule has 1 aliphatic rings. The molecule has 0 bridgehead atoms. The average molecular weight is 393 g/mol. The molecule has 1 amide bonds. The number of nitrogens with zero attached hydrogens (tertiary/aromatic N) is 2. The van der Waals surface area contributed by atoms with Gasteiger partial charge in [0.15, 0.2) is 11.9 Å². The number of para-hydroxylation sites is 1. The molecule has 150 valence electrons. The van der Waals surface area contributed by atoms with Crippen molar-refractivity contribution in [1.29, 1.82) is 0 Å². The third-order valence-corrected chi connectivity index (χ3v) is 5.24. The van der Waals surface area contributed by atoms with Gasteiger partial charge >= 0.3 is 5.97 Å². The van der Waals surface area contributed by atoms with Gasteiger partial charge in [-0.1, -0.05) is 30.3 Å². The van der Waals surface area contributed by atoms with Crippen molar-refractivity contribution in [3.63, 3.8) is 0 Å². The van der Waals surface area contributed by atoms with Crippen molar-refractivity contribution in [2.75, 3.05) is 5.32 Å². The van der Waals surface area contributed by atoms with Crippen LogP contribution in [0.1, 0.15) is 47.6 Å². The van der Waals surface area contributed by atoms with Gasteiger partial charge in [-0.25, -0.2) is 4.79 Å². The highest BCUT2D eigenvalue weighted by Gasteiger charge is 2.28. The van der Waals surface area contributed by atoms with Crippen molar-refractivity contribution >= 4 is 28.6 Å². The van der Waals surface area contributed by atoms with Crippen LogP contribution in [0.3, 0.4) is 0 Å². The van der Waals surface area contributed by atoms with E-state index in [4.69, 9.17) is 14.2 Å². The van der Waals surface area contributed by atoms with E-state index >= 15 is 0 Å². The monoisotopic (exact) mass is 393 g/mol. The minimum Gasteiger partial charge on any atom is -0.449 e. The molecule has 2 heterocycles. The predicted molar refractivity (Wildman–Crippen MR) is 108 cm³/mol. The zero-order valence-electron chi connectivity index (χ0n) is 16.7. The first-order chi connectivity index (χ1) is 13.9. The Balaban J connectivity index is 1.62. The average Bonchev–Trinajstić information content (AvgIpc) is 3.10. The Morgan fingerprint density at radius 2 is 2.10 bits per heavy atom. The largest absolute Gasteiger partial charge is 0.449 e. The minimum absolute atomic E-state index is 0.288. The summed E-state index contributed by atoms with van der Waals surface area (Å²) in [4.78, 5) is 30.3. The maximum atomic E-state index is 13.1. The number of esters is 1. The second kappa shape index (κ2) is 7.66. The van der Waals surface area contributed by atoms with Crippen LogP contribution in [-0.4, -0.2) is 28.1 Å². The van der Waals surface area contributed by atoms with E-state index in [-0.39, 0.29) is 5.82 Å². The highest BCUT2D eigenvalue weighted by Crippen LogP contribution is 2.32. The van der Waals surface area contributed by atoms with Crippen LogP contribution < -0.4 is 5.32 Å². The number of pyridine rings is 1. The first kappa shape index (κ1) is 19.1. The molecule has 0 aliphatic heterocycles. The summed E-state index contributed by atoms with van der Waals surface area (Å²) in [5.41, 5.74) is 3.17. The Morgan fingerprint density at radius 1 is 1.31 bits per heavy atom. The van der Waals surface area contributed by atoms with Gasteiger partial charge in [0.1, 0.15) is 5.76 Å². The van der Waals surface area contributed by atoms with E-state index in [1.807, 2.05) is 24.3 Å². The lowest BCUT2D eigenvalue weighted by Gasteiger charge is -2.24. The molecule has 2 atom stereocenters. The van der Waals surface area contributed by atoms with Crippen LogP contribution in [0.25, 0.3) is 10.9 Å². The minimum atomic E-state index is -0.983. The highest BCUT2D eigenvalue weighted by atomic mass is 16.5. The summed E-state index contributed by atoms with van der Waals surface area (Å²) in [5.74, 6) is 0.359. The van der Waals surface area contributed by atoms with Gasteiger partial charge < -0.3 is 14.6 Å². The molecule has 7 nitrogen and oxygen atoms in total. The number of amides is 1. The predicted octanol–water partition coefficient (Wildman–Crippen LogP) is 3.84. The van der Waals surface area contributed by atoms with Crippen LogP contribution in [0, 0.1) is 12.8 Å². The maximum absolute atomic E-state index is 13.1. The van der Waals surface area contributed by atoms with Crippen molar-refractivity contribution < 1.29 is 18.8 Å². The summed E-state index contributed by atoms with van der Waals surface area (Å²) in [5, 5.41) is 7.07. The second-order valence-electron chi connectivity index (χ2n) is 7.64. The van der Waals surface area contributed by atoms with Gasteiger partial charge in [0.25, 0.3) is 5.91 Å². The van der Waals surface area contributed by atoms with Gasteiger partial charge in [0.05, 0.1) is 11.1 Å². The molecule has 0 saturated heterocycles. The number of carbonyl (C=O) groups is 2. The number of hydrogen-bond acceptors (Lipinski definition) is 6. The van der Waals surface area contributed by atoms with Crippen molar-refractivity contribution in [3.8, 4) is 0 Å². The quantitative estimate of drug-likeness (QED) is 0.677. The Labute approximate surface area is 168 Å². The van der Waals surface area contributed by atoms with Crippen molar-refractivity contribution in [2.45, 2.75) is 46.1 Å². The summed E-state index contributed by atoms with van der Waals surface area (Å²) in [7, 11) is 0.